The summed E-state index contributed by atoms with van der Waals surface area (Å²) < 4.78 is 0.461. The highest BCUT2D eigenvalue weighted by atomic mass is 79.9. The van der Waals surface area contributed by atoms with Gasteiger partial charge in [-0.2, -0.15) is 0 Å². The van der Waals surface area contributed by atoms with E-state index in [1.165, 1.54) is 0 Å². The van der Waals surface area contributed by atoms with Crippen molar-refractivity contribution in [3.8, 4) is 0 Å². The Labute approximate surface area is 141 Å². The average molecular weight is 373 g/mol. The first-order valence-electron chi connectivity index (χ1n) is 7.06. The van der Waals surface area contributed by atoms with E-state index in [4.69, 9.17) is 5.73 Å². The maximum absolute atomic E-state index is 12.8. The van der Waals surface area contributed by atoms with Crippen LogP contribution in [-0.2, 0) is 4.79 Å². The van der Waals surface area contributed by atoms with Gasteiger partial charge in [0, 0.05) is 22.0 Å². The molecular formula is C17H13BrN2O3. The Hall–Kier alpha value is -2.47. The molecule has 0 spiro atoms. The summed E-state index contributed by atoms with van der Waals surface area (Å²) in [7, 11) is 0. The molecule has 23 heavy (non-hydrogen) atoms. The molecule has 5 nitrogen and oxygen atoms in total. The average Bonchev–Trinajstić information content (AvgIpc) is 2.55. The van der Waals surface area contributed by atoms with E-state index in [1.807, 2.05) is 0 Å². The van der Waals surface area contributed by atoms with Gasteiger partial charge in [-0.25, -0.2) is 0 Å². The number of benzene rings is 2. The maximum Gasteiger partial charge on any atom is 0.224 e. The molecule has 1 aliphatic rings. The van der Waals surface area contributed by atoms with E-state index < -0.39 is 0 Å². The highest BCUT2D eigenvalue weighted by Gasteiger charge is 2.34. The third-order valence-corrected chi connectivity index (χ3v) is 4.44. The summed E-state index contributed by atoms with van der Waals surface area (Å²) in [5.41, 5.74) is 7.42. The van der Waals surface area contributed by atoms with Crippen LogP contribution in [0.25, 0.3) is 0 Å². The third-order valence-electron chi connectivity index (χ3n) is 3.78. The molecule has 0 saturated carbocycles. The van der Waals surface area contributed by atoms with Gasteiger partial charge in [0.2, 0.25) is 5.91 Å². The summed E-state index contributed by atoms with van der Waals surface area (Å²) in [5, 5.41) is 2.67. The van der Waals surface area contributed by atoms with Gasteiger partial charge in [-0.1, -0.05) is 31.2 Å². The first kappa shape index (κ1) is 15.4. The van der Waals surface area contributed by atoms with Crippen molar-refractivity contribution < 1.29 is 14.4 Å². The fourth-order valence-electron chi connectivity index (χ4n) is 2.62. The fraction of sp³-hybridized carbons (Fsp3) is 0.118. The minimum atomic E-state index is -0.319. The summed E-state index contributed by atoms with van der Waals surface area (Å²) >= 11 is 3.28. The second-order valence-electron chi connectivity index (χ2n) is 5.18. The molecule has 6 heteroatoms. The van der Waals surface area contributed by atoms with Gasteiger partial charge in [0.15, 0.2) is 11.6 Å². The summed E-state index contributed by atoms with van der Waals surface area (Å²) in [6.07, 6.45) is 0.259. The number of amides is 1. The lowest BCUT2D eigenvalue weighted by Crippen LogP contribution is -2.25. The Kier molecular flexibility index (Phi) is 3.77. The lowest BCUT2D eigenvalue weighted by atomic mass is 9.82. The first-order valence-corrected chi connectivity index (χ1v) is 7.85. The Bertz CT molecular complexity index is 874. The number of halogens is 1. The predicted octanol–water partition coefficient (Wildman–Crippen LogP) is 3.16. The van der Waals surface area contributed by atoms with Crippen LogP contribution in [0.15, 0.2) is 34.8 Å². The Morgan fingerprint density at radius 1 is 1.13 bits per heavy atom. The van der Waals surface area contributed by atoms with Crippen LogP contribution in [0.3, 0.4) is 0 Å². The number of hydrogen-bond acceptors (Lipinski definition) is 4. The van der Waals surface area contributed by atoms with Gasteiger partial charge in [0.05, 0.1) is 22.5 Å². The number of carbonyl (C=O) groups is 3. The molecule has 2 aromatic rings. The quantitative estimate of drug-likeness (QED) is 0.676. The number of fused-ring (bicyclic) bond motifs is 2. The lowest BCUT2D eigenvalue weighted by molar-refractivity contribution is -0.115. The van der Waals surface area contributed by atoms with E-state index in [1.54, 1.807) is 37.3 Å². The van der Waals surface area contributed by atoms with E-state index in [-0.39, 0.29) is 40.7 Å². The Balaban J connectivity index is 2.30. The summed E-state index contributed by atoms with van der Waals surface area (Å²) in [6, 6.07) is 8.15. The number of nitrogens with one attached hydrogen (secondary N) is 1. The number of ketones is 2. The second-order valence-corrected chi connectivity index (χ2v) is 6.03. The summed E-state index contributed by atoms with van der Waals surface area (Å²) in [4.78, 5) is 37.3. The summed E-state index contributed by atoms with van der Waals surface area (Å²) in [6.45, 7) is 1.70. The minimum absolute atomic E-state index is 0.134. The number of nitrogen functional groups attached to an aromatic ring is 1. The van der Waals surface area contributed by atoms with Gasteiger partial charge in [0.1, 0.15) is 0 Å². The number of hydrogen-bond donors (Lipinski definition) is 2. The zero-order chi connectivity index (χ0) is 16.7. The van der Waals surface area contributed by atoms with E-state index in [0.717, 1.165) is 0 Å². The molecule has 3 rings (SSSR count). The predicted molar refractivity (Wildman–Crippen MR) is 90.8 cm³/mol. The van der Waals surface area contributed by atoms with Crippen LogP contribution in [0, 0.1) is 0 Å². The van der Waals surface area contributed by atoms with E-state index in [0.29, 0.717) is 21.3 Å². The number of carbonyl (C=O) groups excluding carboxylic acids is 3. The van der Waals surface area contributed by atoms with Gasteiger partial charge in [0.25, 0.3) is 0 Å². The molecule has 0 atom stereocenters. The Morgan fingerprint density at radius 3 is 2.26 bits per heavy atom. The van der Waals surface area contributed by atoms with E-state index in [9.17, 15) is 14.4 Å². The van der Waals surface area contributed by atoms with E-state index in [2.05, 4.69) is 21.2 Å². The molecule has 0 radical (unpaired) electrons. The van der Waals surface area contributed by atoms with Crippen molar-refractivity contribution in [1.29, 1.82) is 0 Å². The highest BCUT2D eigenvalue weighted by molar-refractivity contribution is 9.10. The number of nitrogens with two attached hydrogens (primary N) is 1. The van der Waals surface area contributed by atoms with Crippen LogP contribution < -0.4 is 11.1 Å². The molecule has 0 saturated heterocycles. The molecule has 0 aromatic heterocycles. The van der Waals surface area contributed by atoms with Gasteiger partial charge < -0.3 is 11.1 Å². The lowest BCUT2D eigenvalue weighted by Gasteiger charge is -2.22. The van der Waals surface area contributed by atoms with Crippen molar-refractivity contribution in [2.75, 3.05) is 11.1 Å². The normalized spacial score (nSPS) is 12.6. The largest absolute Gasteiger partial charge is 0.397 e. The van der Waals surface area contributed by atoms with Gasteiger partial charge in [-0.3, -0.25) is 14.4 Å². The SMILES string of the molecule is CCC(=O)Nc1cc(Br)c(N)c2c1C(=O)c1ccccc1C2=O. The molecule has 2 aromatic carbocycles. The molecule has 0 bridgehead atoms. The highest BCUT2D eigenvalue weighted by Crippen LogP contribution is 2.39. The van der Waals surface area contributed by atoms with Crippen molar-refractivity contribution >= 4 is 44.8 Å². The zero-order valence-corrected chi connectivity index (χ0v) is 13.9. The molecule has 0 aliphatic heterocycles. The van der Waals surface area contributed by atoms with Crippen molar-refractivity contribution in [3.05, 3.63) is 57.1 Å². The monoisotopic (exact) mass is 372 g/mol. The van der Waals surface area contributed by atoms with Crippen LogP contribution in [0.5, 0.6) is 0 Å². The van der Waals surface area contributed by atoms with E-state index >= 15 is 0 Å². The molecule has 1 amide bonds. The van der Waals surface area contributed by atoms with Crippen molar-refractivity contribution in [1.82, 2.24) is 0 Å². The van der Waals surface area contributed by atoms with Crippen LogP contribution in [-0.4, -0.2) is 17.5 Å². The first-order chi connectivity index (χ1) is 11.0. The fourth-order valence-corrected chi connectivity index (χ4v) is 3.05. The smallest absolute Gasteiger partial charge is 0.224 e. The van der Waals surface area contributed by atoms with Crippen LogP contribution in [0.1, 0.15) is 45.2 Å². The Morgan fingerprint density at radius 2 is 1.70 bits per heavy atom. The molecule has 1 aliphatic carbocycles. The molecule has 0 fully saturated rings. The molecule has 116 valence electrons. The molecule has 0 heterocycles. The molecule has 0 unspecified atom stereocenters. The van der Waals surface area contributed by atoms with Gasteiger partial charge in [-0.15, -0.1) is 0 Å². The summed E-state index contributed by atoms with van der Waals surface area (Å²) in [5.74, 6) is -0.884. The minimum Gasteiger partial charge on any atom is -0.397 e. The maximum atomic E-state index is 12.8. The standard InChI is InChI=1S/C17H13BrN2O3/c1-2-12(21)20-11-7-10(18)15(19)14-13(11)16(22)8-5-3-4-6-9(8)17(14)23/h3-7H,2,19H2,1H3,(H,20,21). The number of anilines is 2. The number of rotatable bonds is 2. The third kappa shape index (κ3) is 2.35. The van der Waals surface area contributed by atoms with Crippen molar-refractivity contribution in [3.63, 3.8) is 0 Å². The molecule has 3 N–H and O–H groups in total. The zero-order valence-electron chi connectivity index (χ0n) is 12.3. The van der Waals surface area contributed by atoms with Crippen LogP contribution >= 0.6 is 15.9 Å². The van der Waals surface area contributed by atoms with Gasteiger partial charge in [-0.05, 0) is 22.0 Å². The topological polar surface area (TPSA) is 89.3 Å². The van der Waals surface area contributed by atoms with Crippen LogP contribution in [0.4, 0.5) is 11.4 Å². The molecular weight excluding hydrogens is 360 g/mol. The van der Waals surface area contributed by atoms with Crippen molar-refractivity contribution in [2.24, 2.45) is 0 Å². The van der Waals surface area contributed by atoms with Gasteiger partial charge >= 0.3 is 0 Å². The second kappa shape index (κ2) is 5.62. The van der Waals surface area contributed by atoms with Crippen molar-refractivity contribution in [2.45, 2.75) is 13.3 Å². The van der Waals surface area contributed by atoms with Crippen LogP contribution in [0.2, 0.25) is 0 Å².